The van der Waals surface area contributed by atoms with Gasteiger partial charge in [-0.1, -0.05) is 19.9 Å². The quantitative estimate of drug-likeness (QED) is 0.854. The van der Waals surface area contributed by atoms with Gasteiger partial charge in [0.25, 0.3) is 0 Å². The van der Waals surface area contributed by atoms with Gasteiger partial charge < -0.3 is 5.32 Å². The molecule has 0 aromatic carbocycles. The molecule has 0 amide bonds. The molecule has 0 unspecified atom stereocenters. The topological polar surface area (TPSA) is 42.7 Å². The van der Waals surface area contributed by atoms with Crippen LogP contribution in [0.25, 0.3) is 5.82 Å². The summed E-state index contributed by atoms with van der Waals surface area (Å²) < 4.78 is 1.91. The van der Waals surface area contributed by atoms with E-state index in [1.165, 1.54) is 0 Å². The number of hydrogen-bond donors (Lipinski definition) is 1. The van der Waals surface area contributed by atoms with Gasteiger partial charge in [-0.15, -0.1) is 0 Å². The highest BCUT2D eigenvalue weighted by Gasteiger charge is 2.00. The number of rotatable bonds is 5. The average molecular weight is 230 g/mol. The molecule has 0 saturated carbocycles. The van der Waals surface area contributed by atoms with E-state index in [1.807, 2.05) is 29.0 Å². The molecule has 2 rings (SSSR count). The minimum Gasteiger partial charge on any atom is -0.311 e. The van der Waals surface area contributed by atoms with E-state index >= 15 is 0 Å². The minimum atomic E-state index is 0.659. The van der Waals surface area contributed by atoms with Crippen LogP contribution in [0.2, 0.25) is 0 Å². The maximum absolute atomic E-state index is 4.57. The zero-order valence-corrected chi connectivity index (χ0v) is 10.3. The van der Waals surface area contributed by atoms with Gasteiger partial charge in [0.2, 0.25) is 0 Å². The number of nitrogens with zero attached hydrogens (tertiary/aromatic N) is 3. The van der Waals surface area contributed by atoms with Crippen molar-refractivity contribution in [3.8, 4) is 5.82 Å². The van der Waals surface area contributed by atoms with Crippen molar-refractivity contribution in [3.63, 3.8) is 0 Å². The maximum Gasteiger partial charge on any atom is 0.138 e. The molecule has 2 aromatic rings. The molecule has 2 heterocycles. The molecule has 4 heteroatoms. The molecule has 0 aliphatic rings. The summed E-state index contributed by atoms with van der Waals surface area (Å²) in [7, 11) is 0. The Morgan fingerprint density at radius 1 is 1.35 bits per heavy atom. The summed E-state index contributed by atoms with van der Waals surface area (Å²) in [5, 5.41) is 3.39. The van der Waals surface area contributed by atoms with Crippen LogP contribution in [-0.4, -0.2) is 21.1 Å². The normalized spacial score (nSPS) is 11.0. The lowest BCUT2D eigenvalue weighted by atomic mass is 10.2. The lowest BCUT2D eigenvalue weighted by Crippen LogP contribution is -2.19. The van der Waals surface area contributed by atoms with Gasteiger partial charge in [0.15, 0.2) is 0 Å². The first-order chi connectivity index (χ1) is 8.25. The number of aromatic nitrogens is 3. The molecule has 0 bridgehead atoms. The van der Waals surface area contributed by atoms with Crippen molar-refractivity contribution < 1.29 is 0 Å². The van der Waals surface area contributed by atoms with Gasteiger partial charge in [0.1, 0.15) is 12.1 Å². The van der Waals surface area contributed by atoms with Crippen LogP contribution < -0.4 is 5.32 Å². The van der Waals surface area contributed by atoms with Gasteiger partial charge in [-0.3, -0.25) is 4.57 Å². The fourth-order valence-corrected chi connectivity index (χ4v) is 1.59. The first kappa shape index (κ1) is 11.8. The van der Waals surface area contributed by atoms with Gasteiger partial charge in [0.05, 0.1) is 5.69 Å². The summed E-state index contributed by atoms with van der Waals surface area (Å²) >= 11 is 0. The number of nitrogens with one attached hydrogen (secondary N) is 1. The van der Waals surface area contributed by atoms with Gasteiger partial charge >= 0.3 is 0 Å². The van der Waals surface area contributed by atoms with E-state index in [0.717, 1.165) is 24.6 Å². The number of hydrogen-bond acceptors (Lipinski definition) is 3. The summed E-state index contributed by atoms with van der Waals surface area (Å²) in [6, 6.07) is 6.04. The van der Waals surface area contributed by atoms with Crippen LogP contribution in [-0.2, 0) is 6.54 Å². The van der Waals surface area contributed by atoms with Crippen LogP contribution in [0.1, 0.15) is 19.5 Å². The maximum atomic E-state index is 4.57. The molecule has 0 spiro atoms. The smallest absolute Gasteiger partial charge is 0.138 e. The molecule has 4 nitrogen and oxygen atoms in total. The molecule has 0 atom stereocenters. The number of pyridine rings is 1. The second kappa shape index (κ2) is 5.59. The van der Waals surface area contributed by atoms with Crippen LogP contribution in [0.3, 0.4) is 0 Å². The Labute approximate surface area is 102 Å². The average Bonchev–Trinajstić information content (AvgIpc) is 2.82. The summed E-state index contributed by atoms with van der Waals surface area (Å²) in [4.78, 5) is 8.59. The minimum absolute atomic E-state index is 0.659. The SMILES string of the molecule is CC(C)CNCc1cccc(-n2ccnc2)n1. The molecule has 0 saturated heterocycles. The third-order valence-electron chi connectivity index (χ3n) is 2.42. The van der Waals surface area contributed by atoms with E-state index < -0.39 is 0 Å². The Morgan fingerprint density at radius 3 is 2.94 bits per heavy atom. The Morgan fingerprint density at radius 2 is 2.24 bits per heavy atom. The Kier molecular flexibility index (Phi) is 3.88. The van der Waals surface area contributed by atoms with Crippen LogP contribution in [0.5, 0.6) is 0 Å². The van der Waals surface area contributed by atoms with Crippen molar-refractivity contribution in [1.82, 2.24) is 19.9 Å². The van der Waals surface area contributed by atoms with Crippen LogP contribution in [0.4, 0.5) is 0 Å². The molecular weight excluding hydrogens is 212 g/mol. The van der Waals surface area contributed by atoms with Crippen molar-refractivity contribution in [1.29, 1.82) is 0 Å². The predicted octanol–water partition coefficient (Wildman–Crippen LogP) is 2.01. The monoisotopic (exact) mass is 230 g/mol. The van der Waals surface area contributed by atoms with Crippen LogP contribution in [0, 0.1) is 5.92 Å². The first-order valence-electron chi connectivity index (χ1n) is 5.90. The summed E-state index contributed by atoms with van der Waals surface area (Å²) in [5.41, 5.74) is 1.05. The Bertz CT molecular complexity index is 448. The third-order valence-corrected chi connectivity index (χ3v) is 2.42. The van der Waals surface area contributed by atoms with Crippen LogP contribution >= 0.6 is 0 Å². The fraction of sp³-hybridized carbons (Fsp3) is 0.385. The molecule has 0 aliphatic carbocycles. The highest BCUT2D eigenvalue weighted by molar-refractivity contribution is 5.24. The van der Waals surface area contributed by atoms with E-state index in [0.29, 0.717) is 5.92 Å². The Balaban J connectivity index is 2.02. The van der Waals surface area contributed by atoms with Crippen LogP contribution in [0.15, 0.2) is 36.9 Å². The highest BCUT2D eigenvalue weighted by Crippen LogP contribution is 2.05. The predicted molar refractivity (Wildman–Crippen MR) is 67.9 cm³/mol. The Hall–Kier alpha value is -1.68. The lowest BCUT2D eigenvalue weighted by molar-refractivity contribution is 0.548. The van der Waals surface area contributed by atoms with E-state index in [1.54, 1.807) is 12.5 Å². The second-order valence-corrected chi connectivity index (χ2v) is 4.48. The van der Waals surface area contributed by atoms with Crippen molar-refractivity contribution in [2.45, 2.75) is 20.4 Å². The van der Waals surface area contributed by atoms with E-state index in [9.17, 15) is 0 Å². The van der Waals surface area contributed by atoms with Gasteiger partial charge in [-0.2, -0.15) is 0 Å². The molecule has 0 fully saturated rings. The van der Waals surface area contributed by atoms with Crippen molar-refractivity contribution in [3.05, 3.63) is 42.6 Å². The second-order valence-electron chi connectivity index (χ2n) is 4.48. The summed E-state index contributed by atoms with van der Waals surface area (Å²) in [5.74, 6) is 1.57. The zero-order chi connectivity index (χ0) is 12.1. The van der Waals surface area contributed by atoms with E-state index in [-0.39, 0.29) is 0 Å². The summed E-state index contributed by atoms with van der Waals surface area (Å²) in [6.45, 7) is 6.21. The fourth-order valence-electron chi connectivity index (χ4n) is 1.59. The molecule has 0 radical (unpaired) electrons. The van der Waals surface area contributed by atoms with Gasteiger partial charge in [-0.25, -0.2) is 9.97 Å². The van der Waals surface area contributed by atoms with Crippen molar-refractivity contribution in [2.24, 2.45) is 5.92 Å². The molecular formula is C13H18N4. The molecule has 0 aliphatic heterocycles. The first-order valence-corrected chi connectivity index (χ1v) is 5.90. The number of imidazole rings is 1. The van der Waals surface area contributed by atoms with Gasteiger partial charge in [0, 0.05) is 18.9 Å². The third kappa shape index (κ3) is 3.39. The van der Waals surface area contributed by atoms with Gasteiger partial charge in [-0.05, 0) is 24.6 Å². The standard InChI is InChI=1S/C13H18N4/c1-11(2)8-15-9-12-4-3-5-13(16-12)17-7-6-14-10-17/h3-7,10-11,15H,8-9H2,1-2H3. The van der Waals surface area contributed by atoms with Crippen molar-refractivity contribution in [2.75, 3.05) is 6.54 Å². The molecule has 17 heavy (non-hydrogen) atoms. The zero-order valence-electron chi connectivity index (χ0n) is 10.3. The van der Waals surface area contributed by atoms with E-state index in [2.05, 4.69) is 29.1 Å². The van der Waals surface area contributed by atoms with Crippen molar-refractivity contribution >= 4 is 0 Å². The lowest BCUT2D eigenvalue weighted by Gasteiger charge is -2.08. The highest BCUT2D eigenvalue weighted by atomic mass is 15.1. The molecule has 90 valence electrons. The molecule has 2 aromatic heterocycles. The summed E-state index contributed by atoms with van der Waals surface area (Å²) in [6.07, 6.45) is 5.41. The largest absolute Gasteiger partial charge is 0.311 e. The van der Waals surface area contributed by atoms with E-state index in [4.69, 9.17) is 0 Å². The molecule has 1 N–H and O–H groups in total.